The van der Waals surface area contributed by atoms with E-state index in [4.69, 9.17) is 5.14 Å². The summed E-state index contributed by atoms with van der Waals surface area (Å²) in [4.78, 5) is 16.7. The number of sulfonamides is 1. The van der Waals surface area contributed by atoms with Crippen molar-refractivity contribution >= 4 is 37.7 Å². The van der Waals surface area contributed by atoms with Gasteiger partial charge in [0, 0.05) is 25.1 Å². The van der Waals surface area contributed by atoms with Crippen LogP contribution in [0.5, 0.6) is 0 Å². The van der Waals surface area contributed by atoms with Gasteiger partial charge in [-0.05, 0) is 22.0 Å². The van der Waals surface area contributed by atoms with Gasteiger partial charge >= 0.3 is 6.18 Å². The molecule has 22 heavy (non-hydrogen) atoms. The maximum atomic E-state index is 12.6. The minimum absolute atomic E-state index is 0.00642. The molecule has 0 aliphatic carbocycles. The first-order valence-corrected chi connectivity index (χ1v) is 8.52. The Bertz CT molecular complexity index is 708. The molecule has 0 radical (unpaired) electrons. The highest BCUT2D eigenvalue weighted by Gasteiger charge is 2.36. The van der Waals surface area contributed by atoms with E-state index in [1.54, 1.807) is 0 Å². The van der Waals surface area contributed by atoms with Gasteiger partial charge in [-0.25, -0.2) is 18.5 Å². The van der Waals surface area contributed by atoms with Crippen molar-refractivity contribution in [3.63, 3.8) is 0 Å². The summed E-state index contributed by atoms with van der Waals surface area (Å²) in [6.07, 6.45) is -3.97. The lowest BCUT2D eigenvalue weighted by Crippen LogP contribution is -2.28. The Morgan fingerprint density at radius 2 is 2.09 bits per heavy atom. The third-order valence-corrected chi connectivity index (χ3v) is 4.60. The van der Waals surface area contributed by atoms with E-state index in [1.165, 1.54) is 0 Å². The molecule has 1 saturated heterocycles. The van der Waals surface area contributed by atoms with Crippen LogP contribution in [0.3, 0.4) is 0 Å². The van der Waals surface area contributed by atoms with Crippen LogP contribution in [0.15, 0.2) is 16.7 Å². The highest BCUT2D eigenvalue weighted by atomic mass is 79.9. The fraction of sp³-hybridized carbons (Fsp3) is 0.455. The molecule has 2 N–H and O–H groups in total. The van der Waals surface area contributed by atoms with Crippen molar-refractivity contribution < 1.29 is 26.4 Å². The van der Waals surface area contributed by atoms with Crippen LogP contribution in [0.1, 0.15) is 12.0 Å². The number of pyridine rings is 1. The van der Waals surface area contributed by atoms with E-state index in [9.17, 15) is 26.4 Å². The first-order chi connectivity index (χ1) is 9.97. The Labute approximate surface area is 132 Å². The normalized spacial score (nSPS) is 19.8. The monoisotopic (exact) mass is 401 g/mol. The van der Waals surface area contributed by atoms with E-state index >= 15 is 0 Å². The largest absolute Gasteiger partial charge is 0.417 e. The summed E-state index contributed by atoms with van der Waals surface area (Å²) < 4.78 is 59.9. The molecule has 1 unspecified atom stereocenters. The number of carbonyl (C=O) groups excluding carboxylic acids is 1. The number of nitrogens with zero attached hydrogens (tertiary/aromatic N) is 2. The molecular formula is C11H11BrF3N3O3S. The van der Waals surface area contributed by atoms with Crippen LogP contribution in [-0.2, 0) is 21.0 Å². The van der Waals surface area contributed by atoms with Gasteiger partial charge in [-0.3, -0.25) is 9.69 Å². The van der Waals surface area contributed by atoms with Crippen molar-refractivity contribution in [2.45, 2.75) is 12.6 Å². The van der Waals surface area contributed by atoms with Crippen molar-refractivity contribution in [2.24, 2.45) is 11.1 Å². The van der Waals surface area contributed by atoms with Crippen molar-refractivity contribution in [3.05, 3.63) is 22.3 Å². The maximum absolute atomic E-state index is 12.6. The number of hydrogen-bond donors (Lipinski definition) is 1. The third kappa shape index (κ3) is 3.96. The van der Waals surface area contributed by atoms with Gasteiger partial charge in [-0.15, -0.1) is 0 Å². The summed E-state index contributed by atoms with van der Waals surface area (Å²) in [7, 11) is -3.73. The summed E-state index contributed by atoms with van der Waals surface area (Å²) in [6, 6.07) is 0.822. The summed E-state index contributed by atoms with van der Waals surface area (Å²) in [6.45, 7) is 0.0340. The summed E-state index contributed by atoms with van der Waals surface area (Å²) in [5.74, 6) is -1.27. The zero-order chi connectivity index (χ0) is 16.7. The summed E-state index contributed by atoms with van der Waals surface area (Å²) in [5.41, 5.74) is -0.948. The Kier molecular flexibility index (Phi) is 4.51. The summed E-state index contributed by atoms with van der Waals surface area (Å²) >= 11 is 2.96. The molecule has 1 aromatic rings. The second-order valence-electron chi connectivity index (χ2n) is 4.93. The number of halogens is 4. The van der Waals surface area contributed by atoms with Crippen LogP contribution in [0.4, 0.5) is 19.0 Å². The van der Waals surface area contributed by atoms with Gasteiger partial charge in [0.25, 0.3) is 0 Å². The predicted molar refractivity (Wildman–Crippen MR) is 75.4 cm³/mol. The molecule has 122 valence electrons. The number of amides is 1. The SMILES string of the molecule is NS(=O)(=O)CC1CC(=O)N(c2ncc(C(F)(F)F)cc2Br)C1. The third-order valence-electron chi connectivity index (χ3n) is 3.08. The minimum atomic E-state index is -4.54. The number of carbonyl (C=O) groups is 1. The van der Waals surface area contributed by atoms with Crippen LogP contribution in [0.25, 0.3) is 0 Å². The molecule has 2 heterocycles. The van der Waals surface area contributed by atoms with Crippen LogP contribution in [0, 0.1) is 5.92 Å². The lowest BCUT2D eigenvalue weighted by atomic mass is 10.1. The van der Waals surface area contributed by atoms with E-state index in [1.807, 2.05) is 0 Å². The van der Waals surface area contributed by atoms with Crippen molar-refractivity contribution in [3.8, 4) is 0 Å². The molecule has 1 aliphatic rings. The molecule has 6 nitrogen and oxygen atoms in total. The van der Waals surface area contributed by atoms with Crippen LogP contribution in [-0.4, -0.2) is 31.6 Å². The Morgan fingerprint density at radius 1 is 1.45 bits per heavy atom. The summed E-state index contributed by atoms with van der Waals surface area (Å²) in [5, 5.41) is 4.94. The molecule has 0 saturated carbocycles. The van der Waals surface area contributed by atoms with Crippen LogP contribution in [0.2, 0.25) is 0 Å². The Morgan fingerprint density at radius 3 is 2.59 bits per heavy atom. The molecular weight excluding hydrogens is 391 g/mol. The average molecular weight is 402 g/mol. The Balaban J connectivity index is 2.24. The lowest BCUT2D eigenvalue weighted by Gasteiger charge is -2.18. The number of alkyl halides is 3. The van der Waals surface area contributed by atoms with Gasteiger partial charge in [0.05, 0.1) is 15.8 Å². The molecule has 2 rings (SSSR count). The molecule has 0 aromatic carbocycles. The quantitative estimate of drug-likeness (QED) is 0.830. The average Bonchev–Trinajstić information content (AvgIpc) is 2.66. The number of anilines is 1. The molecule has 1 aliphatic heterocycles. The molecule has 1 fully saturated rings. The van der Waals surface area contributed by atoms with Crippen LogP contribution < -0.4 is 10.0 Å². The van der Waals surface area contributed by atoms with Crippen molar-refractivity contribution in [2.75, 3.05) is 17.2 Å². The first-order valence-electron chi connectivity index (χ1n) is 6.01. The second kappa shape index (κ2) is 5.78. The minimum Gasteiger partial charge on any atom is -0.296 e. The number of primary sulfonamides is 1. The maximum Gasteiger partial charge on any atom is 0.417 e. The zero-order valence-electron chi connectivity index (χ0n) is 11.0. The predicted octanol–water partition coefficient (Wildman–Crippen LogP) is 1.50. The van der Waals surface area contributed by atoms with Gasteiger partial charge in [0.2, 0.25) is 15.9 Å². The van der Waals surface area contributed by atoms with Gasteiger partial charge in [-0.2, -0.15) is 13.2 Å². The fourth-order valence-corrected chi connectivity index (χ4v) is 3.65. The fourth-order valence-electron chi connectivity index (χ4n) is 2.21. The Hall–Kier alpha value is -1.20. The van der Waals surface area contributed by atoms with E-state index in [-0.39, 0.29) is 29.0 Å². The number of nitrogens with two attached hydrogens (primary N) is 1. The zero-order valence-corrected chi connectivity index (χ0v) is 13.4. The first kappa shape index (κ1) is 17.2. The number of hydrogen-bond acceptors (Lipinski definition) is 4. The van der Waals surface area contributed by atoms with E-state index in [0.29, 0.717) is 6.20 Å². The smallest absolute Gasteiger partial charge is 0.296 e. The van der Waals surface area contributed by atoms with E-state index < -0.39 is 33.6 Å². The van der Waals surface area contributed by atoms with Gasteiger partial charge in [0.1, 0.15) is 5.82 Å². The van der Waals surface area contributed by atoms with Gasteiger partial charge in [-0.1, -0.05) is 0 Å². The molecule has 1 atom stereocenters. The van der Waals surface area contributed by atoms with Gasteiger partial charge < -0.3 is 0 Å². The second-order valence-corrected chi connectivity index (χ2v) is 7.44. The topological polar surface area (TPSA) is 93.4 Å². The highest BCUT2D eigenvalue weighted by Crippen LogP contribution is 2.35. The molecule has 1 aromatic heterocycles. The van der Waals surface area contributed by atoms with Gasteiger partial charge in [0.15, 0.2) is 0 Å². The van der Waals surface area contributed by atoms with E-state index in [2.05, 4.69) is 20.9 Å². The van der Waals surface area contributed by atoms with E-state index in [0.717, 1.165) is 11.0 Å². The standard InChI is InChI=1S/C11H11BrF3N3O3S/c12-8-2-7(11(13,14)15)3-17-10(8)18-4-6(1-9(18)19)5-22(16,20)21/h2-3,6H,1,4-5H2,(H2,16,20,21). The molecule has 1 amide bonds. The number of aromatic nitrogens is 1. The highest BCUT2D eigenvalue weighted by molar-refractivity contribution is 9.10. The van der Waals surface area contributed by atoms with Crippen LogP contribution >= 0.6 is 15.9 Å². The van der Waals surface area contributed by atoms with Crippen molar-refractivity contribution in [1.29, 1.82) is 0 Å². The molecule has 0 bridgehead atoms. The number of rotatable bonds is 3. The molecule has 0 spiro atoms. The lowest BCUT2D eigenvalue weighted by molar-refractivity contribution is -0.137. The van der Waals surface area contributed by atoms with Crippen molar-refractivity contribution in [1.82, 2.24) is 4.98 Å². The molecule has 11 heteroatoms.